The van der Waals surface area contributed by atoms with E-state index in [9.17, 15) is 39.9 Å². The van der Waals surface area contributed by atoms with Gasteiger partial charge in [-0.1, -0.05) is 6.92 Å². The molecule has 3 aliphatic heterocycles. The first-order chi connectivity index (χ1) is 27.5. The summed E-state index contributed by atoms with van der Waals surface area (Å²) in [6.45, 7) is 7.30. The molecule has 16 nitrogen and oxygen atoms in total. The van der Waals surface area contributed by atoms with Gasteiger partial charge in [0.2, 0.25) is 5.78 Å². The van der Waals surface area contributed by atoms with E-state index in [1.807, 2.05) is 39.8 Å². The highest BCUT2D eigenvalue weighted by Crippen LogP contribution is 2.54. The van der Waals surface area contributed by atoms with Crippen molar-refractivity contribution in [3.8, 4) is 17.2 Å². The van der Waals surface area contributed by atoms with Gasteiger partial charge in [0.1, 0.15) is 29.3 Å². The number of fused-ring (bicyclic) bond motifs is 3. The SMILES string of the molecule is CC[C@@]1(O)C[C@H](O[C@H]2C[C@H](N(C)C)[C@H](O[C@H]3CC[C@H](O[C@H]4CC[C@H](O)[C@H](C)O4)[C@H](C)O3)[C@H](C)O2)c2c(cc3c(c2O)C(=O)c2c(O)ccc(O)c2C3=O)[C@H]1C(=O)OC. The molecular weight excluding hydrogens is 758 g/mol. The highest BCUT2D eigenvalue weighted by atomic mass is 16.7. The number of rotatable bonds is 9. The number of aliphatic hydroxyl groups is 2. The average molecular weight is 814 g/mol. The van der Waals surface area contributed by atoms with Crippen molar-refractivity contribution < 1.29 is 73.1 Å². The number of phenols is 3. The minimum atomic E-state index is -1.78. The molecule has 3 heterocycles. The number of aliphatic hydroxyl groups excluding tert-OH is 1. The number of aromatic hydroxyl groups is 3. The zero-order valence-electron chi connectivity index (χ0n) is 33.9. The number of carbonyl (C=O) groups is 3. The number of hydrogen-bond acceptors (Lipinski definition) is 16. The molecule has 0 saturated carbocycles. The zero-order valence-corrected chi connectivity index (χ0v) is 33.9. The third kappa shape index (κ3) is 7.52. The second kappa shape index (κ2) is 16.4. The van der Waals surface area contributed by atoms with Gasteiger partial charge in [-0.05, 0) is 77.9 Å². The molecule has 0 radical (unpaired) electrons. The minimum absolute atomic E-state index is 0.00169. The van der Waals surface area contributed by atoms with Crippen molar-refractivity contribution in [2.45, 2.75) is 152 Å². The standard InChI is InChI=1S/C42H55NO15/c1-8-42(51)17-28(32-21(36(42)41(50)52-7)15-22-33(38(32)48)39(49)35-26(46)10-9-25(45)34(35)37(22)47)57-31-16-23(43(5)6)40(20(4)55-31)58-30-14-12-27(19(3)54-30)56-29-13-11-24(44)18(2)53-29/h9-10,15,18-20,23-24,27-31,36,40,44-46,48,51H,8,11-14,16-17H2,1-7H3/t18-,19-,20-,23-,24-,27-,28-,29-,30-,31-,36-,40+,42+/m0/s1. The number of ketones is 2. The molecule has 0 unspecified atom stereocenters. The molecule has 0 spiro atoms. The topological polar surface area (TPSA) is 220 Å². The predicted octanol–water partition coefficient (Wildman–Crippen LogP) is 3.68. The Balaban J connectivity index is 1.13. The Morgan fingerprint density at radius 3 is 2.09 bits per heavy atom. The van der Waals surface area contributed by atoms with Crippen LogP contribution in [0.5, 0.6) is 17.2 Å². The van der Waals surface area contributed by atoms with Crippen LogP contribution in [0.1, 0.15) is 128 Å². The van der Waals surface area contributed by atoms with Gasteiger partial charge in [0.25, 0.3) is 0 Å². The maximum atomic E-state index is 14.0. The molecule has 5 N–H and O–H groups in total. The highest BCUT2D eigenvalue weighted by Gasteiger charge is 2.53. The van der Waals surface area contributed by atoms with E-state index in [0.29, 0.717) is 25.7 Å². The predicted molar refractivity (Wildman–Crippen MR) is 203 cm³/mol. The molecule has 16 heteroatoms. The van der Waals surface area contributed by atoms with Crippen molar-refractivity contribution in [2.75, 3.05) is 21.2 Å². The number of likely N-dealkylation sites (N-methyl/N-ethyl adjacent to an activating group) is 1. The summed E-state index contributed by atoms with van der Waals surface area (Å²) < 4.78 is 43.2. The van der Waals surface area contributed by atoms with Crippen LogP contribution in [0.2, 0.25) is 0 Å². The van der Waals surface area contributed by atoms with Crippen molar-refractivity contribution >= 4 is 17.5 Å². The largest absolute Gasteiger partial charge is 0.507 e. The van der Waals surface area contributed by atoms with Gasteiger partial charge in [0, 0.05) is 42.9 Å². The maximum absolute atomic E-state index is 14.0. The molecule has 0 bridgehead atoms. The first kappa shape index (κ1) is 42.4. The Hall–Kier alpha value is -3.71. The number of carbonyl (C=O) groups excluding carboxylic acids is 3. The molecule has 3 fully saturated rings. The average Bonchev–Trinajstić information content (AvgIpc) is 3.17. The molecule has 2 aromatic carbocycles. The molecule has 13 atom stereocenters. The summed E-state index contributed by atoms with van der Waals surface area (Å²) in [6.07, 6.45) is -2.81. The van der Waals surface area contributed by atoms with Gasteiger partial charge in [0.05, 0.1) is 66.0 Å². The number of methoxy groups -OCH3 is 1. The van der Waals surface area contributed by atoms with Crippen molar-refractivity contribution in [3.63, 3.8) is 0 Å². The Morgan fingerprint density at radius 1 is 0.845 bits per heavy atom. The molecule has 2 aromatic rings. The normalized spacial score (nSPS) is 36.2. The summed E-state index contributed by atoms with van der Waals surface area (Å²) in [5, 5.41) is 55.3. The number of hydrogen-bond donors (Lipinski definition) is 5. The summed E-state index contributed by atoms with van der Waals surface area (Å²) in [5.74, 6) is -5.75. The fourth-order valence-corrected chi connectivity index (χ4v) is 9.36. The molecule has 7 rings (SSSR count). The molecular formula is C42H55NO15. The van der Waals surface area contributed by atoms with Crippen LogP contribution in [0, 0.1) is 0 Å². The van der Waals surface area contributed by atoms with E-state index in [0.717, 1.165) is 19.2 Å². The molecule has 2 aliphatic carbocycles. The summed E-state index contributed by atoms with van der Waals surface area (Å²) >= 11 is 0. The van der Waals surface area contributed by atoms with Gasteiger partial charge in [-0.3, -0.25) is 14.4 Å². The molecule has 0 amide bonds. The van der Waals surface area contributed by atoms with Crippen LogP contribution in [-0.2, 0) is 38.0 Å². The first-order valence-electron chi connectivity index (χ1n) is 20.1. The number of ether oxygens (including phenoxy) is 7. The number of phenolic OH excluding ortho intramolecular Hbond substituents is 3. The van der Waals surface area contributed by atoms with Crippen molar-refractivity contribution in [1.29, 1.82) is 0 Å². The van der Waals surface area contributed by atoms with Gasteiger partial charge in [-0.15, -0.1) is 0 Å². The zero-order chi connectivity index (χ0) is 42.0. The van der Waals surface area contributed by atoms with Gasteiger partial charge in [-0.25, -0.2) is 0 Å². The van der Waals surface area contributed by atoms with E-state index in [-0.39, 0.29) is 60.3 Å². The Bertz CT molecular complexity index is 1920. The van der Waals surface area contributed by atoms with Crippen LogP contribution >= 0.6 is 0 Å². The molecule has 58 heavy (non-hydrogen) atoms. The van der Waals surface area contributed by atoms with E-state index in [4.69, 9.17) is 33.2 Å². The van der Waals surface area contributed by atoms with Crippen LogP contribution in [0.3, 0.4) is 0 Å². The maximum Gasteiger partial charge on any atom is 0.316 e. The van der Waals surface area contributed by atoms with Gasteiger partial charge >= 0.3 is 5.97 Å². The fraction of sp³-hybridized carbons (Fsp3) is 0.643. The van der Waals surface area contributed by atoms with E-state index >= 15 is 0 Å². The van der Waals surface area contributed by atoms with Crippen LogP contribution in [0.25, 0.3) is 0 Å². The minimum Gasteiger partial charge on any atom is -0.507 e. The van der Waals surface area contributed by atoms with Crippen LogP contribution in [0.4, 0.5) is 0 Å². The summed E-state index contributed by atoms with van der Waals surface area (Å²) in [5.41, 5.74) is -3.41. The molecule has 0 aromatic heterocycles. The van der Waals surface area contributed by atoms with E-state index < -0.39 is 106 Å². The Morgan fingerprint density at radius 2 is 1.47 bits per heavy atom. The second-order valence-electron chi connectivity index (χ2n) is 16.5. The van der Waals surface area contributed by atoms with Crippen molar-refractivity contribution in [2.24, 2.45) is 0 Å². The van der Waals surface area contributed by atoms with Crippen LogP contribution in [0.15, 0.2) is 18.2 Å². The van der Waals surface area contributed by atoms with Crippen molar-refractivity contribution in [3.05, 3.63) is 51.6 Å². The second-order valence-corrected chi connectivity index (χ2v) is 16.5. The Kier molecular flexibility index (Phi) is 12.0. The van der Waals surface area contributed by atoms with Crippen molar-refractivity contribution in [1.82, 2.24) is 4.90 Å². The summed E-state index contributed by atoms with van der Waals surface area (Å²) in [4.78, 5) is 43.3. The lowest BCUT2D eigenvalue weighted by Gasteiger charge is -2.48. The first-order valence-corrected chi connectivity index (χ1v) is 20.1. The van der Waals surface area contributed by atoms with Gasteiger partial charge in [0.15, 0.2) is 24.7 Å². The van der Waals surface area contributed by atoms with Crippen LogP contribution < -0.4 is 0 Å². The third-order valence-electron chi connectivity index (χ3n) is 12.7. The van der Waals surface area contributed by atoms with Gasteiger partial charge in [-0.2, -0.15) is 0 Å². The lowest BCUT2D eigenvalue weighted by molar-refractivity contribution is -0.314. The molecule has 3 saturated heterocycles. The van der Waals surface area contributed by atoms with Crippen LogP contribution in [-0.4, -0.2) is 136 Å². The van der Waals surface area contributed by atoms with E-state index in [1.54, 1.807) is 6.92 Å². The molecule has 318 valence electrons. The fourth-order valence-electron chi connectivity index (χ4n) is 9.36. The molecule has 5 aliphatic rings. The Labute approximate surface area is 336 Å². The van der Waals surface area contributed by atoms with Gasteiger partial charge < -0.3 is 63.6 Å². The van der Waals surface area contributed by atoms with E-state index in [1.165, 1.54) is 6.07 Å². The third-order valence-corrected chi connectivity index (χ3v) is 12.7. The highest BCUT2D eigenvalue weighted by molar-refractivity contribution is 6.31. The summed E-state index contributed by atoms with van der Waals surface area (Å²) in [6, 6.07) is 3.16. The smallest absolute Gasteiger partial charge is 0.316 e. The quantitative estimate of drug-likeness (QED) is 0.154. The number of nitrogens with zero attached hydrogens (tertiary/aromatic N) is 1. The lowest BCUT2D eigenvalue weighted by Crippen LogP contribution is -2.57. The lowest BCUT2D eigenvalue weighted by atomic mass is 9.67. The number of benzene rings is 2. The number of esters is 1. The monoisotopic (exact) mass is 813 g/mol. The summed E-state index contributed by atoms with van der Waals surface area (Å²) in [7, 11) is 4.97. The van der Waals surface area contributed by atoms with E-state index in [2.05, 4.69) is 0 Å².